The van der Waals surface area contributed by atoms with E-state index in [0.717, 1.165) is 34.4 Å². The summed E-state index contributed by atoms with van der Waals surface area (Å²) in [6.07, 6.45) is 0.817. The predicted octanol–water partition coefficient (Wildman–Crippen LogP) is 4.97. The monoisotopic (exact) mass is 448 g/mol. The highest BCUT2D eigenvalue weighted by Crippen LogP contribution is 2.40. The molecule has 172 valence electrons. The van der Waals surface area contributed by atoms with Gasteiger partial charge in [0.15, 0.2) is 11.5 Å². The fourth-order valence-corrected chi connectivity index (χ4v) is 3.99. The van der Waals surface area contributed by atoms with Crippen molar-refractivity contribution in [3.8, 4) is 22.9 Å². The number of aryl methyl sites for hydroxylation is 1. The van der Waals surface area contributed by atoms with Gasteiger partial charge < -0.3 is 19.3 Å². The fraction of sp³-hybridized carbons (Fsp3) is 0.320. The number of aromatic nitrogens is 2. The SMILES string of the molecule is CCCN1C(=O)NC(c2ccc(OC)c(OC)c2)C(c2nc(-c3ccc(C)cc3)no2)=C1C. The van der Waals surface area contributed by atoms with E-state index in [1.165, 1.54) is 0 Å². The molecule has 1 unspecified atom stereocenters. The molecule has 3 aromatic rings. The van der Waals surface area contributed by atoms with E-state index < -0.39 is 6.04 Å². The Bertz CT molecular complexity index is 1180. The molecule has 0 bridgehead atoms. The Morgan fingerprint density at radius 3 is 2.45 bits per heavy atom. The number of nitrogens with one attached hydrogen (secondary N) is 1. The van der Waals surface area contributed by atoms with Crippen LogP contribution in [0.15, 0.2) is 52.7 Å². The highest BCUT2D eigenvalue weighted by atomic mass is 16.5. The van der Waals surface area contributed by atoms with Crippen LogP contribution in [0.25, 0.3) is 17.0 Å². The summed E-state index contributed by atoms with van der Waals surface area (Å²) in [7, 11) is 3.17. The average molecular weight is 449 g/mol. The van der Waals surface area contributed by atoms with Crippen LogP contribution in [-0.4, -0.2) is 41.8 Å². The summed E-state index contributed by atoms with van der Waals surface area (Å²) in [6.45, 7) is 6.55. The number of rotatable bonds is 7. The quantitative estimate of drug-likeness (QED) is 0.549. The normalized spacial score (nSPS) is 16.1. The van der Waals surface area contributed by atoms with Gasteiger partial charge in [-0.2, -0.15) is 4.98 Å². The zero-order chi connectivity index (χ0) is 23.5. The lowest BCUT2D eigenvalue weighted by molar-refractivity contribution is 0.205. The lowest BCUT2D eigenvalue weighted by Gasteiger charge is -2.35. The van der Waals surface area contributed by atoms with Gasteiger partial charge in [-0.3, -0.25) is 4.90 Å². The number of hydrogen-bond donors (Lipinski definition) is 1. The first kappa shape index (κ1) is 22.4. The van der Waals surface area contributed by atoms with Gasteiger partial charge in [-0.25, -0.2) is 4.79 Å². The van der Waals surface area contributed by atoms with E-state index in [4.69, 9.17) is 14.0 Å². The summed E-state index contributed by atoms with van der Waals surface area (Å²) < 4.78 is 16.6. The minimum absolute atomic E-state index is 0.170. The van der Waals surface area contributed by atoms with Crippen molar-refractivity contribution in [2.24, 2.45) is 0 Å². The van der Waals surface area contributed by atoms with Crippen molar-refractivity contribution >= 4 is 11.6 Å². The number of benzene rings is 2. The molecule has 0 aliphatic carbocycles. The molecule has 8 nitrogen and oxygen atoms in total. The first-order valence-corrected chi connectivity index (χ1v) is 10.9. The molecule has 1 aliphatic heterocycles. The number of nitrogens with zero attached hydrogens (tertiary/aromatic N) is 3. The van der Waals surface area contributed by atoms with Crippen LogP contribution >= 0.6 is 0 Å². The molecule has 4 rings (SSSR count). The van der Waals surface area contributed by atoms with Crippen molar-refractivity contribution in [1.82, 2.24) is 20.4 Å². The topological polar surface area (TPSA) is 89.7 Å². The molecule has 2 aromatic carbocycles. The van der Waals surface area contributed by atoms with E-state index >= 15 is 0 Å². The molecule has 2 amide bonds. The third-order valence-corrected chi connectivity index (χ3v) is 5.75. The maximum absolute atomic E-state index is 12.9. The number of carbonyl (C=O) groups is 1. The maximum Gasteiger partial charge on any atom is 0.322 e. The summed E-state index contributed by atoms with van der Waals surface area (Å²) >= 11 is 0. The van der Waals surface area contributed by atoms with E-state index in [2.05, 4.69) is 15.5 Å². The number of urea groups is 1. The summed E-state index contributed by atoms with van der Waals surface area (Å²) in [5.41, 5.74) is 4.36. The molecule has 0 spiro atoms. The Kier molecular flexibility index (Phi) is 6.35. The van der Waals surface area contributed by atoms with Crippen molar-refractivity contribution in [1.29, 1.82) is 0 Å². The summed E-state index contributed by atoms with van der Waals surface area (Å²) in [6, 6.07) is 12.8. The molecule has 0 radical (unpaired) electrons. The van der Waals surface area contributed by atoms with E-state index in [0.29, 0.717) is 29.8 Å². The standard InChI is InChI=1S/C25H28N4O4/c1-6-13-29-16(3)21(24-27-23(28-33-24)17-9-7-15(2)8-10-17)22(26-25(29)30)18-11-12-19(31-4)20(14-18)32-5/h7-12,14,22H,6,13H2,1-5H3,(H,26,30). The van der Waals surface area contributed by atoms with Gasteiger partial charge in [-0.15, -0.1) is 0 Å². The second kappa shape index (κ2) is 9.36. The van der Waals surface area contributed by atoms with Gasteiger partial charge in [0, 0.05) is 17.8 Å². The van der Waals surface area contributed by atoms with Crippen molar-refractivity contribution < 1.29 is 18.8 Å². The summed E-state index contributed by atoms with van der Waals surface area (Å²) in [4.78, 5) is 19.3. The van der Waals surface area contributed by atoms with Gasteiger partial charge in [0.1, 0.15) is 0 Å². The van der Waals surface area contributed by atoms with Gasteiger partial charge >= 0.3 is 6.03 Å². The van der Waals surface area contributed by atoms with Gasteiger partial charge in [0.25, 0.3) is 5.89 Å². The number of allylic oxidation sites excluding steroid dienone is 1. The third-order valence-electron chi connectivity index (χ3n) is 5.75. The van der Waals surface area contributed by atoms with Crippen LogP contribution in [0, 0.1) is 6.92 Å². The largest absolute Gasteiger partial charge is 0.493 e. The van der Waals surface area contributed by atoms with Gasteiger partial charge in [0.2, 0.25) is 5.82 Å². The molecule has 0 fully saturated rings. The molecular formula is C25H28N4O4. The molecule has 1 N–H and O–H groups in total. The summed E-state index contributed by atoms with van der Waals surface area (Å²) in [5.74, 6) is 2.04. The van der Waals surface area contributed by atoms with Crippen LogP contribution in [0.2, 0.25) is 0 Å². The lowest BCUT2D eigenvalue weighted by Crippen LogP contribution is -2.46. The van der Waals surface area contributed by atoms with E-state index in [9.17, 15) is 4.79 Å². The van der Waals surface area contributed by atoms with E-state index in [1.54, 1.807) is 19.1 Å². The highest BCUT2D eigenvalue weighted by molar-refractivity contribution is 5.87. The molecule has 1 aliphatic rings. The maximum atomic E-state index is 12.9. The Balaban J connectivity index is 1.82. The van der Waals surface area contributed by atoms with Crippen LogP contribution in [-0.2, 0) is 0 Å². The van der Waals surface area contributed by atoms with Crippen molar-refractivity contribution in [3.05, 3.63) is 65.2 Å². The van der Waals surface area contributed by atoms with Crippen LogP contribution in [0.1, 0.15) is 43.3 Å². The molecule has 0 saturated heterocycles. The zero-order valence-corrected chi connectivity index (χ0v) is 19.5. The number of carbonyl (C=O) groups excluding carboxylic acids is 1. The third kappa shape index (κ3) is 4.28. The number of hydrogen-bond acceptors (Lipinski definition) is 6. The second-order valence-corrected chi connectivity index (χ2v) is 7.94. The predicted molar refractivity (Wildman–Crippen MR) is 125 cm³/mol. The van der Waals surface area contributed by atoms with E-state index in [1.807, 2.05) is 63.2 Å². The molecule has 1 atom stereocenters. The summed E-state index contributed by atoms with van der Waals surface area (Å²) in [5, 5.41) is 7.31. The van der Waals surface area contributed by atoms with Crippen molar-refractivity contribution in [2.45, 2.75) is 33.2 Å². The van der Waals surface area contributed by atoms with Crippen LogP contribution in [0.3, 0.4) is 0 Å². The van der Waals surface area contributed by atoms with Gasteiger partial charge in [-0.1, -0.05) is 48.0 Å². The van der Waals surface area contributed by atoms with Crippen LogP contribution in [0.5, 0.6) is 11.5 Å². The number of methoxy groups -OCH3 is 2. The zero-order valence-electron chi connectivity index (χ0n) is 19.5. The Hall–Kier alpha value is -3.81. The Labute approximate surface area is 193 Å². The lowest BCUT2D eigenvalue weighted by atomic mass is 9.94. The average Bonchev–Trinajstić information content (AvgIpc) is 3.31. The molecule has 33 heavy (non-hydrogen) atoms. The van der Waals surface area contributed by atoms with Gasteiger partial charge in [0.05, 0.1) is 25.8 Å². The highest BCUT2D eigenvalue weighted by Gasteiger charge is 2.35. The molecule has 8 heteroatoms. The van der Waals surface area contributed by atoms with Gasteiger partial charge in [-0.05, 0) is 38.0 Å². The van der Waals surface area contributed by atoms with E-state index in [-0.39, 0.29) is 6.03 Å². The molecule has 2 heterocycles. The first-order valence-electron chi connectivity index (χ1n) is 10.9. The second-order valence-electron chi connectivity index (χ2n) is 7.94. The molecule has 0 saturated carbocycles. The Morgan fingerprint density at radius 2 is 1.79 bits per heavy atom. The first-order chi connectivity index (χ1) is 16.0. The minimum atomic E-state index is -0.489. The van der Waals surface area contributed by atoms with Crippen molar-refractivity contribution in [2.75, 3.05) is 20.8 Å². The van der Waals surface area contributed by atoms with Crippen LogP contribution in [0.4, 0.5) is 4.79 Å². The minimum Gasteiger partial charge on any atom is -0.493 e. The smallest absolute Gasteiger partial charge is 0.322 e. The fourth-order valence-electron chi connectivity index (χ4n) is 3.99. The molecular weight excluding hydrogens is 420 g/mol. The Morgan fingerprint density at radius 1 is 1.06 bits per heavy atom. The van der Waals surface area contributed by atoms with Crippen LogP contribution < -0.4 is 14.8 Å². The molecule has 1 aromatic heterocycles. The number of amides is 2. The number of ether oxygens (including phenoxy) is 2. The van der Waals surface area contributed by atoms with Crippen molar-refractivity contribution in [3.63, 3.8) is 0 Å².